The number of rotatable bonds is 5. The van der Waals surface area contributed by atoms with E-state index in [0.717, 1.165) is 19.3 Å². The van der Waals surface area contributed by atoms with E-state index < -0.39 is 0 Å². The average Bonchev–Trinajstić information content (AvgIpc) is 2.95. The zero-order valence-electron chi connectivity index (χ0n) is 14.1. The van der Waals surface area contributed by atoms with Crippen molar-refractivity contribution < 1.29 is 13.9 Å². The first-order valence-electron chi connectivity index (χ1n) is 8.46. The van der Waals surface area contributed by atoms with E-state index in [1.807, 2.05) is 6.07 Å². The summed E-state index contributed by atoms with van der Waals surface area (Å²) in [5.41, 5.74) is 0.332. The Kier molecular flexibility index (Phi) is 4.07. The molecule has 2 aliphatic heterocycles. The van der Waals surface area contributed by atoms with Crippen LogP contribution < -0.4 is 0 Å². The fraction of sp³-hybridized carbons (Fsp3) is 0.684. The highest BCUT2D eigenvalue weighted by molar-refractivity contribution is 5.17. The van der Waals surface area contributed by atoms with Gasteiger partial charge >= 0.3 is 0 Å². The van der Waals surface area contributed by atoms with Gasteiger partial charge in [-0.3, -0.25) is 0 Å². The summed E-state index contributed by atoms with van der Waals surface area (Å²) in [6.07, 6.45) is 3.17. The van der Waals surface area contributed by atoms with Crippen LogP contribution in [0.1, 0.15) is 52.5 Å². The van der Waals surface area contributed by atoms with Crippen LogP contribution in [0.3, 0.4) is 0 Å². The van der Waals surface area contributed by atoms with Gasteiger partial charge in [0.1, 0.15) is 5.82 Å². The third-order valence-corrected chi connectivity index (χ3v) is 5.82. The summed E-state index contributed by atoms with van der Waals surface area (Å²) in [5, 5.41) is 0. The van der Waals surface area contributed by atoms with E-state index in [2.05, 4.69) is 27.7 Å². The molecule has 2 bridgehead atoms. The lowest BCUT2D eigenvalue weighted by atomic mass is 9.67. The van der Waals surface area contributed by atoms with Crippen LogP contribution in [-0.4, -0.2) is 17.3 Å². The largest absolute Gasteiger partial charge is 0.370 e. The summed E-state index contributed by atoms with van der Waals surface area (Å²) >= 11 is 0. The molecule has 2 saturated heterocycles. The highest BCUT2D eigenvalue weighted by Gasteiger charge is 2.64. The van der Waals surface area contributed by atoms with Gasteiger partial charge in [-0.05, 0) is 31.2 Å². The van der Waals surface area contributed by atoms with Crippen molar-refractivity contribution in [1.82, 2.24) is 0 Å². The Morgan fingerprint density at radius 2 is 2.05 bits per heavy atom. The number of fused-ring (bicyclic) bond motifs is 2. The molecule has 3 rings (SSSR count). The molecule has 0 amide bonds. The van der Waals surface area contributed by atoms with Crippen molar-refractivity contribution in [2.24, 2.45) is 11.8 Å². The van der Waals surface area contributed by atoms with Crippen molar-refractivity contribution >= 4 is 0 Å². The molecule has 2 fully saturated rings. The van der Waals surface area contributed by atoms with Gasteiger partial charge in [0.15, 0.2) is 0 Å². The van der Waals surface area contributed by atoms with Crippen LogP contribution in [0.4, 0.5) is 4.39 Å². The van der Waals surface area contributed by atoms with Crippen molar-refractivity contribution in [3.05, 3.63) is 35.6 Å². The van der Waals surface area contributed by atoms with Crippen molar-refractivity contribution in [2.75, 3.05) is 0 Å². The van der Waals surface area contributed by atoms with Crippen LogP contribution in [-0.2, 0) is 16.1 Å². The van der Waals surface area contributed by atoms with E-state index in [-0.39, 0.29) is 23.1 Å². The van der Waals surface area contributed by atoms with Crippen molar-refractivity contribution in [3.8, 4) is 0 Å². The van der Waals surface area contributed by atoms with Crippen LogP contribution in [0.15, 0.2) is 24.3 Å². The second-order valence-electron chi connectivity index (χ2n) is 7.43. The van der Waals surface area contributed by atoms with Gasteiger partial charge in [-0.1, -0.05) is 45.4 Å². The third-order valence-electron chi connectivity index (χ3n) is 5.82. The van der Waals surface area contributed by atoms with Gasteiger partial charge in [0, 0.05) is 12.0 Å². The monoisotopic (exact) mass is 306 g/mol. The Morgan fingerprint density at radius 3 is 2.68 bits per heavy atom. The highest BCUT2D eigenvalue weighted by Crippen LogP contribution is 2.59. The maximum absolute atomic E-state index is 13.8. The number of hydrogen-bond donors (Lipinski definition) is 0. The number of ether oxygens (including phenoxy) is 2. The summed E-state index contributed by atoms with van der Waals surface area (Å²) in [7, 11) is 0. The molecule has 2 nitrogen and oxygen atoms in total. The van der Waals surface area contributed by atoms with Crippen LogP contribution in [0.5, 0.6) is 0 Å². The molecule has 4 atom stereocenters. The van der Waals surface area contributed by atoms with Gasteiger partial charge < -0.3 is 9.47 Å². The van der Waals surface area contributed by atoms with Gasteiger partial charge in [-0.25, -0.2) is 4.39 Å². The lowest BCUT2D eigenvalue weighted by molar-refractivity contribution is -0.1000. The number of halogens is 1. The molecular weight excluding hydrogens is 279 g/mol. The van der Waals surface area contributed by atoms with Crippen LogP contribution >= 0.6 is 0 Å². The standard InChI is InChI=1S/C19H27FO2/c1-5-15-10-18(4)17(11-19(15,22-18)13(2)3)21-12-14-8-6-7-9-16(14)20/h6-9,13,15,17H,5,10-12H2,1-4H3/t15?,17-,18+,19-/m1/s1. The molecule has 22 heavy (non-hydrogen) atoms. The molecule has 2 heterocycles. The van der Waals surface area contributed by atoms with Crippen molar-refractivity contribution in [2.45, 2.75) is 70.9 Å². The van der Waals surface area contributed by atoms with E-state index >= 15 is 0 Å². The topological polar surface area (TPSA) is 18.5 Å². The minimum atomic E-state index is -0.226. The zero-order valence-corrected chi connectivity index (χ0v) is 14.1. The maximum Gasteiger partial charge on any atom is 0.128 e. The zero-order chi connectivity index (χ0) is 16.0. The summed E-state index contributed by atoms with van der Waals surface area (Å²) in [4.78, 5) is 0. The SMILES string of the molecule is CCC1C[C@]2(C)O[C@@]1(C(C)C)C[C@H]2OCc1ccccc1F. The van der Waals surface area contributed by atoms with Gasteiger partial charge in [0.2, 0.25) is 0 Å². The van der Waals surface area contributed by atoms with Crippen LogP contribution in [0.2, 0.25) is 0 Å². The smallest absolute Gasteiger partial charge is 0.128 e. The Hall–Kier alpha value is -0.930. The predicted molar refractivity (Wildman–Crippen MR) is 85.1 cm³/mol. The molecule has 0 N–H and O–H groups in total. The lowest BCUT2D eigenvalue weighted by Gasteiger charge is -2.38. The molecule has 1 aromatic rings. The van der Waals surface area contributed by atoms with E-state index in [1.165, 1.54) is 6.07 Å². The normalized spacial score (nSPS) is 37.2. The Labute approximate surface area is 133 Å². The van der Waals surface area contributed by atoms with Gasteiger partial charge in [0.25, 0.3) is 0 Å². The molecule has 1 unspecified atom stereocenters. The molecule has 0 radical (unpaired) electrons. The second-order valence-corrected chi connectivity index (χ2v) is 7.43. The van der Waals surface area contributed by atoms with Gasteiger partial charge in [0.05, 0.1) is 23.9 Å². The maximum atomic E-state index is 13.8. The van der Waals surface area contributed by atoms with Crippen LogP contribution in [0, 0.1) is 17.7 Å². The predicted octanol–water partition coefficient (Wildman–Crippen LogP) is 4.71. The fourth-order valence-electron chi connectivity index (χ4n) is 4.49. The van der Waals surface area contributed by atoms with E-state index in [0.29, 0.717) is 24.0 Å². The summed E-state index contributed by atoms with van der Waals surface area (Å²) < 4.78 is 26.4. The first kappa shape index (κ1) is 15.9. The average molecular weight is 306 g/mol. The summed E-state index contributed by atoms with van der Waals surface area (Å²) in [5.74, 6) is 0.883. The fourth-order valence-corrected chi connectivity index (χ4v) is 4.49. The minimum absolute atomic E-state index is 0.0531. The Bertz CT molecular complexity index is 544. The molecule has 0 spiro atoms. The molecule has 122 valence electrons. The quantitative estimate of drug-likeness (QED) is 0.784. The molecule has 0 saturated carbocycles. The summed E-state index contributed by atoms with van der Waals surface area (Å²) in [6.45, 7) is 9.22. The second kappa shape index (κ2) is 5.61. The van der Waals surface area contributed by atoms with E-state index in [4.69, 9.17) is 9.47 Å². The van der Waals surface area contributed by atoms with E-state index in [9.17, 15) is 4.39 Å². The molecular formula is C19H27FO2. The summed E-state index contributed by atoms with van der Waals surface area (Å²) in [6, 6.07) is 6.84. The van der Waals surface area contributed by atoms with Crippen molar-refractivity contribution in [1.29, 1.82) is 0 Å². The van der Waals surface area contributed by atoms with E-state index in [1.54, 1.807) is 12.1 Å². The molecule has 0 aliphatic carbocycles. The minimum Gasteiger partial charge on any atom is -0.370 e. The Morgan fingerprint density at radius 1 is 1.32 bits per heavy atom. The number of benzene rings is 1. The third kappa shape index (κ3) is 2.39. The first-order chi connectivity index (χ1) is 10.4. The van der Waals surface area contributed by atoms with Gasteiger partial charge in [-0.15, -0.1) is 0 Å². The lowest BCUT2D eigenvalue weighted by Crippen LogP contribution is -2.44. The molecule has 3 heteroatoms. The Balaban J connectivity index is 1.74. The highest BCUT2D eigenvalue weighted by atomic mass is 19.1. The molecule has 0 aromatic heterocycles. The molecule has 1 aromatic carbocycles. The molecule has 2 aliphatic rings. The number of hydrogen-bond acceptors (Lipinski definition) is 2. The van der Waals surface area contributed by atoms with Gasteiger partial charge in [-0.2, -0.15) is 0 Å². The first-order valence-corrected chi connectivity index (χ1v) is 8.46. The van der Waals surface area contributed by atoms with Crippen LogP contribution in [0.25, 0.3) is 0 Å². The van der Waals surface area contributed by atoms with Crippen molar-refractivity contribution in [3.63, 3.8) is 0 Å².